The molecule has 0 amide bonds. The molecule has 0 fully saturated rings. The lowest BCUT2D eigenvalue weighted by Gasteiger charge is -2.02. The largest absolute Gasteiger partial charge is 0.431 e. The van der Waals surface area contributed by atoms with Crippen LogP contribution in [-0.2, 0) is 0 Å². The van der Waals surface area contributed by atoms with E-state index in [0.717, 1.165) is 21.6 Å². The second-order valence-electron chi connectivity index (χ2n) is 4.05. The number of allylic oxidation sites excluding steroid dienone is 1. The fraction of sp³-hybridized carbons (Fsp3) is 0. The molecule has 0 atom stereocenters. The van der Waals surface area contributed by atoms with E-state index in [2.05, 4.69) is 11.1 Å². The smallest absolute Gasteiger partial charge is 0.261 e. The van der Waals surface area contributed by atoms with Gasteiger partial charge in [-0.3, -0.25) is 0 Å². The van der Waals surface area contributed by atoms with Gasteiger partial charge < -0.3 is 4.42 Å². The van der Waals surface area contributed by atoms with Crippen LogP contribution in [0, 0.1) is 11.3 Å². The lowest BCUT2D eigenvalue weighted by atomic mass is 10.2. The maximum Gasteiger partial charge on any atom is 0.261 e. The van der Waals surface area contributed by atoms with Gasteiger partial charge in [-0.1, -0.05) is 42.5 Å². The lowest BCUT2D eigenvalue weighted by Crippen LogP contribution is -1.79. The Morgan fingerprint density at radius 3 is 2.60 bits per heavy atom. The third kappa shape index (κ3) is 2.58. The molecular formula is C16H10N2OS. The Hall–Kier alpha value is -2.51. The van der Waals surface area contributed by atoms with Crippen LogP contribution >= 0.6 is 11.8 Å². The molecule has 0 aliphatic rings. The second-order valence-corrected chi connectivity index (χ2v) is 5.05. The molecule has 0 spiro atoms. The standard InChI is InChI=1S/C16H10N2OS/c17-11-10-15(12-6-2-1-3-7-12)20-16-18-13-8-4-5-9-14(13)19-16/h1-10H/b15-10-. The van der Waals surface area contributed by atoms with E-state index >= 15 is 0 Å². The molecule has 0 unspecified atom stereocenters. The number of fused-ring (bicyclic) bond motifs is 1. The molecule has 3 rings (SSSR count). The fourth-order valence-electron chi connectivity index (χ4n) is 1.82. The summed E-state index contributed by atoms with van der Waals surface area (Å²) in [6.45, 7) is 0. The number of oxazole rings is 1. The van der Waals surface area contributed by atoms with Crippen molar-refractivity contribution in [3.8, 4) is 6.07 Å². The van der Waals surface area contributed by atoms with Crippen LogP contribution < -0.4 is 0 Å². The molecule has 0 radical (unpaired) electrons. The highest BCUT2D eigenvalue weighted by atomic mass is 32.2. The molecule has 2 aromatic carbocycles. The normalized spacial score (nSPS) is 11.4. The van der Waals surface area contributed by atoms with Crippen LogP contribution in [0.4, 0.5) is 0 Å². The van der Waals surface area contributed by atoms with Gasteiger partial charge in [-0.2, -0.15) is 5.26 Å². The van der Waals surface area contributed by atoms with Crippen molar-refractivity contribution in [3.05, 3.63) is 66.2 Å². The maximum atomic E-state index is 8.93. The zero-order valence-corrected chi connectivity index (χ0v) is 11.3. The van der Waals surface area contributed by atoms with Crippen molar-refractivity contribution in [2.75, 3.05) is 0 Å². The van der Waals surface area contributed by atoms with Crippen molar-refractivity contribution in [1.29, 1.82) is 5.26 Å². The van der Waals surface area contributed by atoms with Gasteiger partial charge in [0.2, 0.25) is 0 Å². The number of hydrogen-bond acceptors (Lipinski definition) is 4. The molecule has 0 saturated heterocycles. The van der Waals surface area contributed by atoms with E-state index in [4.69, 9.17) is 9.68 Å². The maximum absolute atomic E-state index is 8.93. The van der Waals surface area contributed by atoms with Crippen LogP contribution in [0.2, 0.25) is 0 Å². The van der Waals surface area contributed by atoms with Crippen molar-refractivity contribution in [2.24, 2.45) is 0 Å². The van der Waals surface area contributed by atoms with E-state index in [1.54, 1.807) is 0 Å². The fourth-order valence-corrected chi connectivity index (χ4v) is 2.65. The first-order valence-corrected chi connectivity index (χ1v) is 6.87. The Morgan fingerprint density at radius 2 is 1.85 bits per heavy atom. The van der Waals surface area contributed by atoms with Crippen molar-refractivity contribution >= 4 is 27.8 Å². The van der Waals surface area contributed by atoms with Gasteiger partial charge >= 0.3 is 0 Å². The number of nitriles is 1. The molecule has 3 aromatic rings. The Labute approximate surface area is 120 Å². The van der Waals surface area contributed by atoms with E-state index in [1.165, 1.54) is 17.8 Å². The lowest BCUT2D eigenvalue weighted by molar-refractivity contribution is 0.491. The van der Waals surface area contributed by atoms with Crippen LogP contribution in [0.1, 0.15) is 5.56 Å². The number of rotatable bonds is 3. The van der Waals surface area contributed by atoms with Crippen molar-refractivity contribution in [1.82, 2.24) is 4.98 Å². The van der Waals surface area contributed by atoms with Crippen molar-refractivity contribution in [2.45, 2.75) is 5.22 Å². The Morgan fingerprint density at radius 1 is 1.10 bits per heavy atom. The Balaban J connectivity index is 1.95. The van der Waals surface area contributed by atoms with Crippen LogP contribution in [-0.4, -0.2) is 4.98 Å². The Kier molecular flexibility index (Phi) is 3.53. The number of hydrogen-bond donors (Lipinski definition) is 0. The molecule has 0 N–H and O–H groups in total. The summed E-state index contributed by atoms with van der Waals surface area (Å²) in [5.41, 5.74) is 2.54. The number of thioether (sulfide) groups is 1. The Bertz CT molecular complexity index is 767. The SMILES string of the molecule is N#C/C=C(\Sc1nc2ccccc2o1)c1ccccc1. The van der Waals surface area contributed by atoms with E-state index in [1.807, 2.05) is 54.6 Å². The van der Waals surface area contributed by atoms with Gasteiger partial charge in [-0.05, 0) is 29.5 Å². The average molecular weight is 278 g/mol. The number of benzene rings is 2. The van der Waals surface area contributed by atoms with Crippen LogP contribution in [0.25, 0.3) is 16.0 Å². The second kappa shape index (κ2) is 5.64. The number of nitrogens with zero attached hydrogens (tertiary/aromatic N) is 2. The first kappa shape index (κ1) is 12.5. The van der Waals surface area contributed by atoms with Crippen LogP contribution in [0.5, 0.6) is 0 Å². The highest BCUT2D eigenvalue weighted by Gasteiger charge is 2.10. The minimum absolute atomic E-state index is 0.538. The van der Waals surface area contributed by atoms with Crippen LogP contribution in [0.15, 0.2) is 70.3 Å². The van der Waals surface area contributed by atoms with Gasteiger partial charge in [0, 0.05) is 11.0 Å². The van der Waals surface area contributed by atoms with E-state index < -0.39 is 0 Å². The minimum atomic E-state index is 0.538. The van der Waals surface area contributed by atoms with Gasteiger partial charge in [0.05, 0.1) is 6.07 Å². The first-order chi connectivity index (χ1) is 9.86. The monoisotopic (exact) mass is 278 g/mol. The molecule has 1 heterocycles. The van der Waals surface area contributed by atoms with Crippen LogP contribution in [0.3, 0.4) is 0 Å². The molecule has 3 nitrogen and oxygen atoms in total. The first-order valence-electron chi connectivity index (χ1n) is 6.05. The number of aromatic nitrogens is 1. The van der Waals surface area contributed by atoms with Crippen molar-refractivity contribution < 1.29 is 4.42 Å². The summed E-state index contributed by atoms with van der Waals surface area (Å²) in [6.07, 6.45) is 1.51. The predicted octanol–water partition coefficient (Wildman–Crippen LogP) is 4.48. The summed E-state index contributed by atoms with van der Waals surface area (Å²) in [4.78, 5) is 5.23. The van der Waals surface area contributed by atoms with Gasteiger partial charge in [-0.25, -0.2) is 4.98 Å². The van der Waals surface area contributed by atoms with Crippen molar-refractivity contribution in [3.63, 3.8) is 0 Å². The molecule has 96 valence electrons. The average Bonchev–Trinajstić information content (AvgIpc) is 2.90. The number of para-hydroxylation sites is 2. The molecule has 0 aliphatic carbocycles. The summed E-state index contributed by atoms with van der Waals surface area (Å²) >= 11 is 1.35. The highest BCUT2D eigenvalue weighted by Crippen LogP contribution is 2.34. The van der Waals surface area contributed by atoms with E-state index in [9.17, 15) is 0 Å². The van der Waals surface area contributed by atoms with E-state index in [-0.39, 0.29) is 0 Å². The topological polar surface area (TPSA) is 49.8 Å². The third-order valence-corrected chi connectivity index (χ3v) is 3.65. The van der Waals surface area contributed by atoms with E-state index in [0.29, 0.717) is 5.22 Å². The minimum Gasteiger partial charge on any atom is -0.431 e. The highest BCUT2D eigenvalue weighted by molar-refractivity contribution is 8.08. The molecule has 4 heteroatoms. The van der Waals surface area contributed by atoms with Gasteiger partial charge in [0.15, 0.2) is 5.58 Å². The molecule has 0 saturated carbocycles. The summed E-state index contributed by atoms with van der Waals surface area (Å²) in [6, 6.07) is 19.4. The molecular weight excluding hydrogens is 268 g/mol. The summed E-state index contributed by atoms with van der Waals surface area (Å²) < 4.78 is 5.67. The van der Waals surface area contributed by atoms with Gasteiger partial charge in [-0.15, -0.1) is 0 Å². The zero-order chi connectivity index (χ0) is 13.8. The predicted molar refractivity (Wildman–Crippen MR) is 79.9 cm³/mol. The third-order valence-electron chi connectivity index (χ3n) is 2.73. The zero-order valence-electron chi connectivity index (χ0n) is 10.5. The summed E-state index contributed by atoms with van der Waals surface area (Å²) in [7, 11) is 0. The molecule has 0 bridgehead atoms. The summed E-state index contributed by atoms with van der Waals surface area (Å²) in [5.74, 6) is 0. The molecule has 1 aromatic heterocycles. The van der Waals surface area contributed by atoms with Gasteiger partial charge in [0.25, 0.3) is 5.22 Å². The molecule has 20 heavy (non-hydrogen) atoms. The van der Waals surface area contributed by atoms with Gasteiger partial charge in [0.1, 0.15) is 5.52 Å². The summed E-state index contributed by atoms with van der Waals surface area (Å²) in [5, 5.41) is 9.46. The molecule has 0 aliphatic heterocycles. The quantitative estimate of drug-likeness (QED) is 0.523.